The Morgan fingerprint density at radius 2 is 2.00 bits per heavy atom. The Bertz CT molecular complexity index is 557. The van der Waals surface area contributed by atoms with Crippen LogP contribution in [-0.2, 0) is 19.4 Å². The zero-order chi connectivity index (χ0) is 14.5. The third-order valence-electron chi connectivity index (χ3n) is 3.90. The van der Waals surface area contributed by atoms with Gasteiger partial charge in [-0.05, 0) is 44.5 Å². The molecule has 1 aromatic carbocycles. The van der Waals surface area contributed by atoms with Crippen molar-refractivity contribution in [1.82, 2.24) is 15.1 Å². The molecule has 0 saturated carbocycles. The Hall–Kier alpha value is -1.61. The summed E-state index contributed by atoms with van der Waals surface area (Å²) in [6, 6.07) is 11.2. The van der Waals surface area contributed by atoms with Crippen LogP contribution in [0.4, 0.5) is 0 Å². The Morgan fingerprint density at radius 1 is 1.25 bits per heavy atom. The van der Waals surface area contributed by atoms with E-state index in [1.54, 1.807) is 0 Å². The number of benzene rings is 1. The van der Waals surface area contributed by atoms with E-state index >= 15 is 0 Å². The van der Waals surface area contributed by atoms with E-state index in [9.17, 15) is 0 Å². The van der Waals surface area contributed by atoms with Crippen LogP contribution in [0.25, 0.3) is 0 Å². The molecule has 2 rings (SSSR count). The predicted octanol–water partition coefficient (Wildman–Crippen LogP) is 3.28. The van der Waals surface area contributed by atoms with Gasteiger partial charge in [0.25, 0.3) is 0 Å². The second-order valence-corrected chi connectivity index (χ2v) is 5.20. The summed E-state index contributed by atoms with van der Waals surface area (Å²) < 4.78 is 2.13. The molecule has 0 aliphatic rings. The van der Waals surface area contributed by atoms with E-state index in [4.69, 9.17) is 0 Å². The fourth-order valence-electron chi connectivity index (χ4n) is 2.68. The molecule has 1 unspecified atom stereocenters. The highest BCUT2D eigenvalue weighted by atomic mass is 15.3. The molecule has 0 aliphatic carbocycles. The fraction of sp³-hybridized carbons (Fsp3) is 0.471. The molecule has 1 heterocycles. The maximum atomic E-state index is 4.64. The highest BCUT2D eigenvalue weighted by Crippen LogP contribution is 2.22. The van der Waals surface area contributed by atoms with Gasteiger partial charge in [-0.15, -0.1) is 0 Å². The summed E-state index contributed by atoms with van der Waals surface area (Å²) >= 11 is 0. The quantitative estimate of drug-likeness (QED) is 0.874. The molecule has 0 spiro atoms. The molecule has 3 heteroatoms. The van der Waals surface area contributed by atoms with E-state index < -0.39 is 0 Å². The number of aromatic nitrogens is 2. The van der Waals surface area contributed by atoms with Crippen molar-refractivity contribution in [2.45, 2.75) is 46.2 Å². The Morgan fingerprint density at radius 3 is 2.60 bits per heavy atom. The van der Waals surface area contributed by atoms with Gasteiger partial charge in [0.2, 0.25) is 0 Å². The molecule has 0 radical (unpaired) electrons. The molecule has 20 heavy (non-hydrogen) atoms. The summed E-state index contributed by atoms with van der Waals surface area (Å²) in [5.41, 5.74) is 5.20. The first-order valence-corrected chi connectivity index (χ1v) is 7.48. The summed E-state index contributed by atoms with van der Waals surface area (Å²) in [6.45, 7) is 7.41. The van der Waals surface area contributed by atoms with Crippen molar-refractivity contribution in [1.29, 1.82) is 0 Å². The van der Waals surface area contributed by atoms with Crippen LogP contribution in [0.2, 0.25) is 0 Å². The minimum atomic E-state index is 0.336. The van der Waals surface area contributed by atoms with E-state index in [0.29, 0.717) is 6.04 Å². The van der Waals surface area contributed by atoms with E-state index in [1.165, 1.54) is 22.5 Å². The molecule has 0 fully saturated rings. The first-order chi connectivity index (χ1) is 9.69. The van der Waals surface area contributed by atoms with E-state index in [1.807, 2.05) is 7.05 Å². The Balaban J connectivity index is 2.26. The van der Waals surface area contributed by atoms with Gasteiger partial charge in [0.15, 0.2) is 0 Å². The maximum Gasteiger partial charge on any atom is 0.0624 e. The highest BCUT2D eigenvalue weighted by Gasteiger charge is 2.15. The molecular formula is C17H25N3. The molecular weight excluding hydrogens is 246 g/mol. The van der Waals surface area contributed by atoms with Gasteiger partial charge < -0.3 is 5.32 Å². The van der Waals surface area contributed by atoms with Crippen LogP contribution < -0.4 is 5.32 Å². The van der Waals surface area contributed by atoms with Crippen molar-refractivity contribution in [3.05, 3.63) is 52.8 Å². The van der Waals surface area contributed by atoms with Crippen LogP contribution in [0.1, 0.15) is 42.4 Å². The van der Waals surface area contributed by atoms with Crippen molar-refractivity contribution >= 4 is 0 Å². The van der Waals surface area contributed by atoms with Gasteiger partial charge in [-0.3, -0.25) is 4.68 Å². The first-order valence-electron chi connectivity index (χ1n) is 7.48. The van der Waals surface area contributed by atoms with Gasteiger partial charge in [-0.25, -0.2) is 0 Å². The van der Waals surface area contributed by atoms with Crippen LogP contribution in [0, 0.1) is 6.92 Å². The second-order valence-electron chi connectivity index (χ2n) is 5.20. The van der Waals surface area contributed by atoms with Gasteiger partial charge in [0, 0.05) is 24.7 Å². The molecule has 2 aromatic rings. The van der Waals surface area contributed by atoms with Gasteiger partial charge in [-0.1, -0.05) is 31.2 Å². The van der Waals surface area contributed by atoms with Gasteiger partial charge >= 0.3 is 0 Å². The Labute approximate surface area is 122 Å². The lowest BCUT2D eigenvalue weighted by Crippen LogP contribution is -2.21. The smallest absolute Gasteiger partial charge is 0.0624 e. The summed E-state index contributed by atoms with van der Waals surface area (Å²) in [7, 11) is 2.03. The zero-order valence-corrected chi connectivity index (χ0v) is 13.0. The number of nitrogens with zero attached hydrogens (tertiary/aromatic N) is 2. The standard InChI is InChI=1S/C17H25N3/c1-5-14-11-15(20(6-2)19-14)12-17(18-4)16-10-8-7-9-13(16)3/h7-11,17-18H,5-6,12H2,1-4H3. The molecule has 1 aromatic heterocycles. The number of hydrogen-bond donors (Lipinski definition) is 1. The molecule has 3 nitrogen and oxygen atoms in total. The van der Waals surface area contributed by atoms with Crippen molar-refractivity contribution in [3.8, 4) is 0 Å². The molecule has 1 N–H and O–H groups in total. The van der Waals surface area contributed by atoms with E-state index in [2.05, 4.69) is 66.2 Å². The summed E-state index contributed by atoms with van der Waals surface area (Å²) in [5.74, 6) is 0. The molecule has 1 atom stereocenters. The minimum absolute atomic E-state index is 0.336. The number of rotatable bonds is 6. The average Bonchev–Trinajstić information content (AvgIpc) is 2.88. The number of nitrogens with one attached hydrogen (secondary N) is 1. The molecule has 0 aliphatic heterocycles. The van der Waals surface area contributed by atoms with Crippen molar-refractivity contribution in [2.75, 3.05) is 7.05 Å². The van der Waals surface area contributed by atoms with Crippen LogP contribution in [0.5, 0.6) is 0 Å². The fourth-order valence-corrected chi connectivity index (χ4v) is 2.68. The van der Waals surface area contributed by atoms with Crippen molar-refractivity contribution in [2.24, 2.45) is 0 Å². The largest absolute Gasteiger partial charge is 0.313 e. The molecule has 0 bridgehead atoms. The van der Waals surface area contributed by atoms with E-state index in [0.717, 1.165) is 19.4 Å². The summed E-state index contributed by atoms with van der Waals surface area (Å²) in [6.07, 6.45) is 1.97. The van der Waals surface area contributed by atoms with Crippen LogP contribution in [0.3, 0.4) is 0 Å². The van der Waals surface area contributed by atoms with Crippen LogP contribution >= 0.6 is 0 Å². The van der Waals surface area contributed by atoms with Gasteiger partial charge in [-0.2, -0.15) is 5.10 Å². The van der Waals surface area contributed by atoms with Gasteiger partial charge in [0.05, 0.1) is 5.69 Å². The van der Waals surface area contributed by atoms with Crippen molar-refractivity contribution in [3.63, 3.8) is 0 Å². The summed E-state index contributed by atoms with van der Waals surface area (Å²) in [5, 5.41) is 8.08. The monoisotopic (exact) mass is 271 g/mol. The number of aryl methyl sites for hydroxylation is 3. The predicted molar refractivity (Wildman–Crippen MR) is 84.0 cm³/mol. The average molecular weight is 271 g/mol. The molecule has 0 amide bonds. The zero-order valence-electron chi connectivity index (χ0n) is 13.0. The highest BCUT2D eigenvalue weighted by molar-refractivity contribution is 5.30. The van der Waals surface area contributed by atoms with Crippen LogP contribution in [0.15, 0.2) is 30.3 Å². The Kier molecular flexibility index (Phi) is 4.96. The third-order valence-corrected chi connectivity index (χ3v) is 3.90. The topological polar surface area (TPSA) is 29.9 Å². The van der Waals surface area contributed by atoms with Crippen molar-refractivity contribution < 1.29 is 0 Å². The molecule has 0 saturated heterocycles. The SMILES string of the molecule is CCc1cc(CC(NC)c2ccccc2C)n(CC)n1. The summed E-state index contributed by atoms with van der Waals surface area (Å²) in [4.78, 5) is 0. The third kappa shape index (κ3) is 3.10. The van der Waals surface area contributed by atoms with Gasteiger partial charge in [0.1, 0.15) is 0 Å². The normalized spacial score (nSPS) is 12.6. The van der Waals surface area contributed by atoms with E-state index in [-0.39, 0.29) is 0 Å². The second kappa shape index (κ2) is 6.71. The maximum absolute atomic E-state index is 4.64. The number of hydrogen-bond acceptors (Lipinski definition) is 2. The lowest BCUT2D eigenvalue weighted by molar-refractivity contribution is 0.539. The van der Waals surface area contributed by atoms with Crippen LogP contribution in [-0.4, -0.2) is 16.8 Å². The lowest BCUT2D eigenvalue weighted by Gasteiger charge is -2.19. The first kappa shape index (κ1) is 14.8. The lowest BCUT2D eigenvalue weighted by atomic mass is 9.97. The number of likely N-dealkylation sites (N-methyl/N-ethyl adjacent to an activating group) is 1. The minimum Gasteiger partial charge on any atom is -0.313 e. The molecule has 108 valence electrons.